The first-order valence-corrected chi connectivity index (χ1v) is 8.35. The number of halogens is 3. The van der Waals surface area contributed by atoms with E-state index in [2.05, 4.69) is 26.0 Å². The number of anilines is 2. The summed E-state index contributed by atoms with van der Waals surface area (Å²) in [4.78, 5) is 6.40. The number of hydrogen-bond acceptors (Lipinski definition) is 4. The van der Waals surface area contributed by atoms with E-state index in [0.717, 1.165) is 31.0 Å². The summed E-state index contributed by atoms with van der Waals surface area (Å²) in [6.07, 6.45) is 3.20. The maximum absolute atomic E-state index is 14.2. The molecule has 5 nitrogen and oxygen atoms in total. The average Bonchev–Trinajstić information content (AvgIpc) is 3.15. The molecule has 1 aromatic carbocycles. The van der Waals surface area contributed by atoms with E-state index < -0.39 is 11.6 Å². The third-order valence-corrected chi connectivity index (χ3v) is 5.15. The van der Waals surface area contributed by atoms with Crippen molar-refractivity contribution >= 4 is 33.1 Å². The highest BCUT2D eigenvalue weighted by atomic mass is 79.9. The van der Waals surface area contributed by atoms with Gasteiger partial charge in [0.1, 0.15) is 23.8 Å². The van der Waals surface area contributed by atoms with E-state index in [1.165, 1.54) is 12.1 Å². The van der Waals surface area contributed by atoms with Crippen LogP contribution in [-0.2, 0) is 0 Å². The van der Waals surface area contributed by atoms with E-state index in [1.807, 2.05) is 11.0 Å². The molecule has 0 amide bonds. The molecule has 0 saturated carbocycles. The third-order valence-electron chi connectivity index (χ3n) is 4.34. The predicted molar refractivity (Wildman–Crippen MR) is 90.8 cm³/mol. The van der Waals surface area contributed by atoms with Gasteiger partial charge in [-0.25, -0.2) is 18.3 Å². The molecule has 1 aliphatic heterocycles. The second kappa shape index (κ2) is 5.70. The summed E-state index contributed by atoms with van der Waals surface area (Å²) < 4.78 is 30.0. The molecule has 1 unspecified atom stereocenters. The molecular formula is C16H14BrF2N5. The van der Waals surface area contributed by atoms with Gasteiger partial charge in [0.2, 0.25) is 0 Å². The molecule has 1 aliphatic rings. The zero-order valence-corrected chi connectivity index (χ0v) is 14.2. The van der Waals surface area contributed by atoms with Crippen LogP contribution in [0.5, 0.6) is 0 Å². The number of nitrogens with zero attached hydrogens (tertiary/aromatic N) is 4. The minimum Gasteiger partial charge on any atom is -0.381 e. The fourth-order valence-corrected chi connectivity index (χ4v) is 3.60. The summed E-state index contributed by atoms with van der Waals surface area (Å²) in [5.74, 6) is 0.231. The van der Waals surface area contributed by atoms with E-state index in [-0.39, 0.29) is 6.04 Å². The van der Waals surface area contributed by atoms with Crippen LogP contribution >= 0.6 is 15.9 Å². The largest absolute Gasteiger partial charge is 0.381 e. The average molecular weight is 394 g/mol. The minimum atomic E-state index is -0.437. The predicted octanol–water partition coefficient (Wildman–Crippen LogP) is 3.69. The summed E-state index contributed by atoms with van der Waals surface area (Å²) in [5.41, 5.74) is 6.94. The van der Waals surface area contributed by atoms with Gasteiger partial charge in [0, 0.05) is 18.2 Å². The number of fused-ring (bicyclic) bond motifs is 1. The molecule has 24 heavy (non-hydrogen) atoms. The second-order valence-electron chi connectivity index (χ2n) is 5.79. The molecule has 0 spiro atoms. The van der Waals surface area contributed by atoms with Gasteiger partial charge in [-0.3, -0.25) is 0 Å². The van der Waals surface area contributed by atoms with Gasteiger partial charge >= 0.3 is 0 Å². The molecule has 1 fully saturated rings. The van der Waals surface area contributed by atoms with Crippen LogP contribution in [0, 0.1) is 11.6 Å². The van der Waals surface area contributed by atoms with Gasteiger partial charge < -0.3 is 10.6 Å². The molecule has 2 N–H and O–H groups in total. The molecule has 0 bridgehead atoms. The summed E-state index contributed by atoms with van der Waals surface area (Å²) in [6.45, 7) is 0.727. The zero-order chi connectivity index (χ0) is 16.8. The van der Waals surface area contributed by atoms with Crippen molar-refractivity contribution in [3.8, 4) is 0 Å². The normalized spacial score (nSPS) is 17.8. The lowest BCUT2D eigenvalue weighted by molar-refractivity contribution is 0.560. The quantitative estimate of drug-likeness (QED) is 0.720. The molecule has 0 aliphatic carbocycles. The van der Waals surface area contributed by atoms with Crippen molar-refractivity contribution in [3.63, 3.8) is 0 Å². The third kappa shape index (κ3) is 2.41. The summed E-state index contributed by atoms with van der Waals surface area (Å²) in [7, 11) is 0. The molecule has 3 heterocycles. The van der Waals surface area contributed by atoms with Crippen molar-refractivity contribution in [3.05, 3.63) is 52.3 Å². The van der Waals surface area contributed by atoms with Crippen molar-refractivity contribution in [2.45, 2.75) is 18.9 Å². The van der Waals surface area contributed by atoms with Crippen LogP contribution in [0.25, 0.3) is 5.52 Å². The Morgan fingerprint density at radius 2 is 2.08 bits per heavy atom. The monoisotopic (exact) mass is 393 g/mol. The smallest absolute Gasteiger partial charge is 0.160 e. The highest BCUT2D eigenvalue weighted by Gasteiger charge is 2.30. The van der Waals surface area contributed by atoms with Crippen molar-refractivity contribution in [1.82, 2.24) is 14.6 Å². The lowest BCUT2D eigenvalue weighted by atomic mass is 10.0. The molecule has 1 atom stereocenters. The van der Waals surface area contributed by atoms with Crippen molar-refractivity contribution in [2.24, 2.45) is 0 Å². The van der Waals surface area contributed by atoms with Crippen molar-refractivity contribution in [2.75, 3.05) is 17.2 Å². The van der Waals surface area contributed by atoms with Crippen molar-refractivity contribution in [1.29, 1.82) is 0 Å². The van der Waals surface area contributed by atoms with Crippen LogP contribution in [0.15, 0.2) is 35.1 Å². The molecule has 0 radical (unpaired) electrons. The first-order chi connectivity index (χ1) is 11.5. The summed E-state index contributed by atoms with van der Waals surface area (Å²) in [5, 5.41) is 4.14. The summed E-state index contributed by atoms with van der Waals surface area (Å²) in [6, 6.07) is 5.18. The highest BCUT2D eigenvalue weighted by molar-refractivity contribution is 9.10. The van der Waals surface area contributed by atoms with Crippen LogP contribution in [0.1, 0.15) is 24.4 Å². The Morgan fingerprint density at radius 3 is 2.92 bits per heavy atom. The second-order valence-corrected chi connectivity index (χ2v) is 6.59. The van der Waals surface area contributed by atoms with Gasteiger partial charge in [0.05, 0.1) is 16.0 Å². The van der Waals surface area contributed by atoms with Gasteiger partial charge in [-0.1, -0.05) is 0 Å². The minimum absolute atomic E-state index is 0.241. The number of aromatic nitrogens is 3. The van der Waals surface area contributed by atoms with E-state index >= 15 is 0 Å². The van der Waals surface area contributed by atoms with E-state index in [4.69, 9.17) is 5.73 Å². The fourth-order valence-electron chi connectivity index (χ4n) is 3.23. The van der Waals surface area contributed by atoms with Crippen molar-refractivity contribution < 1.29 is 8.78 Å². The Labute approximate surface area is 145 Å². The van der Waals surface area contributed by atoms with Crippen LogP contribution in [0.4, 0.5) is 20.4 Å². The van der Waals surface area contributed by atoms with Crippen LogP contribution < -0.4 is 10.6 Å². The Bertz CT molecular complexity index is 926. The summed E-state index contributed by atoms with van der Waals surface area (Å²) >= 11 is 3.41. The van der Waals surface area contributed by atoms with Crippen LogP contribution in [0.3, 0.4) is 0 Å². The molecule has 4 rings (SSSR count). The molecule has 3 aromatic rings. The van der Waals surface area contributed by atoms with E-state index in [0.29, 0.717) is 21.7 Å². The van der Waals surface area contributed by atoms with Crippen LogP contribution in [0.2, 0.25) is 0 Å². The molecule has 8 heteroatoms. The number of benzene rings is 1. The molecule has 1 saturated heterocycles. The lowest BCUT2D eigenvalue weighted by Crippen LogP contribution is -2.24. The van der Waals surface area contributed by atoms with Crippen LogP contribution in [-0.4, -0.2) is 21.1 Å². The van der Waals surface area contributed by atoms with E-state index in [9.17, 15) is 8.78 Å². The van der Waals surface area contributed by atoms with E-state index in [1.54, 1.807) is 10.8 Å². The number of rotatable bonds is 2. The first-order valence-electron chi connectivity index (χ1n) is 7.55. The number of nitrogen functional groups attached to an aromatic ring is 1. The Kier molecular flexibility index (Phi) is 3.64. The topological polar surface area (TPSA) is 59.4 Å². The maximum atomic E-state index is 14.2. The van der Waals surface area contributed by atoms with Gasteiger partial charge in [0.25, 0.3) is 0 Å². The molecule has 2 aromatic heterocycles. The van der Waals surface area contributed by atoms with Gasteiger partial charge in [-0.15, -0.1) is 5.10 Å². The standard InChI is InChI=1S/C16H14BrF2N5/c17-15-13-7-14(21-8-24(13)22-16(15)20)23-5-1-2-12(23)10-6-9(18)3-4-11(10)19/h3-4,6-8,12H,1-2,5H2,(H2,20,22). The van der Waals surface area contributed by atoms with Gasteiger partial charge in [0.15, 0.2) is 5.82 Å². The number of hydrogen-bond donors (Lipinski definition) is 1. The Morgan fingerprint density at radius 1 is 1.25 bits per heavy atom. The molecular weight excluding hydrogens is 380 g/mol. The maximum Gasteiger partial charge on any atom is 0.160 e. The zero-order valence-electron chi connectivity index (χ0n) is 12.6. The fraction of sp³-hybridized carbons (Fsp3) is 0.250. The SMILES string of the molecule is Nc1nn2cnc(N3CCCC3c3cc(F)ccc3F)cc2c1Br. The van der Waals surface area contributed by atoms with Gasteiger partial charge in [-0.05, 0) is 47.0 Å². The lowest BCUT2D eigenvalue weighted by Gasteiger charge is -2.26. The highest BCUT2D eigenvalue weighted by Crippen LogP contribution is 2.37. The number of nitrogens with two attached hydrogens (primary N) is 1. The molecule has 124 valence electrons. The Balaban J connectivity index is 1.77. The van der Waals surface area contributed by atoms with Gasteiger partial charge in [-0.2, -0.15) is 0 Å². The Hall–Kier alpha value is -2.22. The first kappa shape index (κ1) is 15.3.